The Labute approximate surface area is 240 Å². The predicted octanol–water partition coefficient (Wildman–Crippen LogP) is 4.48. The number of cyclic esters (lactones) is 2. The number of hydrogen-bond acceptors (Lipinski definition) is 9. The van der Waals surface area contributed by atoms with E-state index in [0.717, 1.165) is 37.4 Å². The van der Waals surface area contributed by atoms with E-state index in [2.05, 4.69) is 37.5 Å². The van der Waals surface area contributed by atoms with Crippen molar-refractivity contribution in [1.29, 1.82) is 0 Å². The minimum atomic E-state index is -1.33. The fourth-order valence-electron chi connectivity index (χ4n) is 3.95. The number of aliphatic carboxylic acids is 2. The van der Waals surface area contributed by atoms with Crippen LogP contribution in [-0.2, 0) is 34.4 Å². The molecule has 0 aliphatic carbocycles. The summed E-state index contributed by atoms with van der Waals surface area (Å²) in [5, 5.41) is 15.4. The molecule has 1 heterocycles. The molecule has 0 spiro atoms. The molecule has 0 amide bonds. The zero-order valence-electron chi connectivity index (χ0n) is 24.5. The molecule has 3 rings (SSSR count). The number of carbonyl (C=O) groups excluding carboxylic acids is 3. The number of carbonyl (C=O) groups is 5. The number of hydrogen-bond donors (Lipinski definition) is 2. The van der Waals surface area contributed by atoms with Crippen LogP contribution in [0.5, 0.6) is 0 Å². The van der Waals surface area contributed by atoms with Crippen LogP contribution in [0.25, 0.3) is 0 Å². The SMILES string of the molecule is CCN(CC)c1ccc(C(C)=O)cc1.CCN(CC)c1ccc(C2(C)OC(=O)CC(=O)O2)cc1.O=C(O)CC(=O)O. The first-order chi connectivity index (χ1) is 19.3. The van der Waals surface area contributed by atoms with Crippen LogP contribution in [-0.4, -0.2) is 66.1 Å². The van der Waals surface area contributed by atoms with Gasteiger partial charge < -0.3 is 29.5 Å². The number of nitrogens with zero attached hydrogens (tertiary/aromatic N) is 2. The number of esters is 2. The molecule has 11 heteroatoms. The van der Waals surface area contributed by atoms with E-state index >= 15 is 0 Å². The third kappa shape index (κ3) is 11.3. The summed E-state index contributed by atoms with van der Waals surface area (Å²) in [5.41, 5.74) is 3.69. The molecular formula is C30H40N2O9. The molecule has 0 atom stereocenters. The van der Waals surface area contributed by atoms with E-state index in [9.17, 15) is 24.0 Å². The Balaban J connectivity index is 0.000000347. The standard InChI is InChI=1S/C15H19NO4.C12H17NO.C3H4O4/c1-4-16(5-2)12-8-6-11(7-9-12)15(3)19-13(17)10-14(18)20-15;1-4-13(5-2)12-8-6-11(7-9-12)10(3)14;4-2(5)1-3(6)7/h6-9H,4-5,10H2,1-3H3;6-9H,4-5H2,1-3H3;1H2,(H,4,5)(H,6,7). The Morgan fingerprint density at radius 3 is 1.39 bits per heavy atom. The van der Waals surface area contributed by atoms with Crippen LogP contribution in [0.2, 0.25) is 0 Å². The highest BCUT2D eigenvalue weighted by molar-refractivity contribution is 5.94. The monoisotopic (exact) mass is 572 g/mol. The van der Waals surface area contributed by atoms with Crippen molar-refractivity contribution in [2.45, 2.75) is 60.2 Å². The van der Waals surface area contributed by atoms with Crippen LogP contribution >= 0.6 is 0 Å². The van der Waals surface area contributed by atoms with Crippen molar-refractivity contribution in [2.24, 2.45) is 0 Å². The van der Waals surface area contributed by atoms with Crippen molar-refractivity contribution in [2.75, 3.05) is 36.0 Å². The summed E-state index contributed by atoms with van der Waals surface area (Å²) < 4.78 is 10.4. The molecule has 1 saturated heterocycles. The highest BCUT2D eigenvalue weighted by Crippen LogP contribution is 2.32. The molecule has 0 radical (unpaired) electrons. The molecule has 11 nitrogen and oxygen atoms in total. The Bertz CT molecular complexity index is 1140. The zero-order chi connectivity index (χ0) is 31.2. The minimum absolute atomic E-state index is 0.121. The average Bonchev–Trinajstić information content (AvgIpc) is 2.90. The normalized spacial score (nSPS) is 13.2. The molecule has 224 valence electrons. The molecule has 1 fully saturated rings. The summed E-state index contributed by atoms with van der Waals surface area (Å²) in [5.74, 6) is -4.95. The number of carboxylic acid groups (broad SMARTS) is 2. The fourth-order valence-corrected chi connectivity index (χ4v) is 3.95. The van der Waals surface area contributed by atoms with Gasteiger partial charge in [0.25, 0.3) is 5.79 Å². The Kier molecular flexibility index (Phi) is 14.0. The second-order valence-electron chi connectivity index (χ2n) is 9.03. The smallest absolute Gasteiger partial charge is 0.320 e. The van der Waals surface area contributed by atoms with E-state index in [-0.39, 0.29) is 12.2 Å². The van der Waals surface area contributed by atoms with Crippen LogP contribution in [0.1, 0.15) is 70.3 Å². The zero-order valence-corrected chi connectivity index (χ0v) is 24.5. The van der Waals surface area contributed by atoms with Crippen molar-refractivity contribution < 1.29 is 43.7 Å². The van der Waals surface area contributed by atoms with Crippen molar-refractivity contribution in [3.8, 4) is 0 Å². The lowest BCUT2D eigenvalue weighted by molar-refractivity contribution is -0.242. The van der Waals surface area contributed by atoms with Crippen molar-refractivity contribution in [1.82, 2.24) is 0 Å². The van der Waals surface area contributed by atoms with Crippen LogP contribution in [0, 0.1) is 0 Å². The maximum atomic E-state index is 11.4. The number of carboxylic acids is 2. The molecule has 1 aliphatic rings. The van der Waals surface area contributed by atoms with Crippen LogP contribution < -0.4 is 9.80 Å². The lowest BCUT2D eigenvalue weighted by Crippen LogP contribution is -2.40. The molecule has 2 aromatic carbocycles. The molecule has 2 aromatic rings. The molecule has 0 unspecified atom stereocenters. The lowest BCUT2D eigenvalue weighted by atomic mass is 10.1. The van der Waals surface area contributed by atoms with E-state index in [1.165, 1.54) is 5.69 Å². The van der Waals surface area contributed by atoms with Gasteiger partial charge in [0.05, 0.1) is 0 Å². The topological polar surface area (TPSA) is 151 Å². The molecular weight excluding hydrogens is 532 g/mol. The van der Waals surface area contributed by atoms with Crippen molar-refractivity contribution in [3.63, 3.8) is 0 Å². The number of rotatable bonds is 10. The number of benzene rings is 2. The molecule has 0 bridgehead atoms. The maximum absolute atomic E-state index is 11.4. The Hall–Kier alpha value is -4.41. The quantitative estimate of drug-likeness (QED) is 0.236. The van der Waals surface area contributed by atoms with Gasteiger partial charge in [-0.15, -0.1) is 0 Å². The summed E-state index contributed by atoms with van der Waals surface area (Å²) in [7, 11) is 0. The third-order valence-electron chi connectivity index (χ3n) is 6.13. The molecule has 0 aromatic heterocycles. The second kappa shape index (κ2) is 16.6. The highest BCUT2D eigenvalue weighted by atomic mass is 16.7. The van der Waals surface area contributed by atoms with Crippen LogP contribution in [0.3, 0.4) is 0 Å². The van der Waals surface area contributed by atoms with Gasteiger partial charge in [0.1, 0.15) is 12.8 Å². The van der Waals surface area contributed by atoms with Crippen LogP contribution in [0.15, 0.2) is 48.5 Å². The first-order valence-corrected chi connectivity index (χ1v) is 13.4. The second-order valence-corrected chi connectivity index (χ2v) is 9.03. The summed E-state index contributed by atoms with van der Waals surface area (Å²) >= 11 is 0. The number of ether oxygens (including phenoxy) is 2. The van der Waals surface area contributed by atoms with E-state index in [4.69, 9.17) is 19.7 Å². The minimum Gasteiger partial charge on any atom is -0.481 e. The first kappa shape index (κ1) is 34.6. The van der Waals surface area contributed by atoms with E-state index in [0.29, 0.717) is 5.56 Å². The van der Waals surface area contributed by atoms with E-state index in [1.807, 2.05) is 48.5 Å². The predicted molar refractivity (Wildman–Crippen MR) is 154 cm³/mol. The lowest BCUT2D eigenvalue weighted by Gasteiger charge is -2.33. The van der Waals surface area contributed by atoms with Gasteiger partial charge in [-0.1, -0.05) is 0 Å². The Morgan fingerprint density at radius 2 is 1.10 bits per heavy atom. The fraction of sp³-hybridized carbons (Fsp3) is 0.433. The van der Waals surface area contributed by atoms with Gasteiger partial charge in [0, 0.05) is 55.6 Å². The van der Waals surface area contributed by atoms with E-state index < -0.39 is 36.1 Å². The molecule has 41 heavy (non-hydrogen) atoms. The first-order valence-electron chi connectivity index (χ1n) is 13.4. The molecule has 0 saturated carbocycles. The van der Waals surface area contributed by atoms with Gasteiger partial charge in [-0.05, 0) is 83.1 Å². The van der Waals surface area contributed by atoms with E-state index in [1.54, 1.807) is 13.8 Å². The van der Waals surface area contributed by atoms with Gasteiger partial charge in [0.15, 0.2) is 5.78 Å². The average molecular weight is 573 g/mol. The highest BCUT2D eigenvalue weighted by Gasteiger charge is 2.40. The van der Waals surface area contributed by atoms with Crippen LogP contribution in [0.4, 0.5) is 11.4 Å². The van der Waals surface area contributed by atoms with Crippen molar-refractivity contribution in [3.05, 3.63) is 59.7 Å². The van der Waals surface area contributed by atoms with Gasteiger partial charge in [0.2, 0.25) is 0 Å². The van der Waals surface area contributed by atoms with Crippen molar-refractivity contribution >= 4 is 41.0 Å². The van der Waals surface area contributed by atoms with Gasteiger partial charge in [-0.3, -0.25) is 24.0 Å². The Morgan fingerprint density at radius 1 is 0.732 bits per heavy atom. The molecule has 1 aliphatic heterocycles. The number of anilines is 2. The summed E-state index contributed by atoms with van der Waals surface area (Å²) in [6, 6.07) is 15.3. The molecule has 2 N–H and O–H groups in total. The maximum Gasteiger partial charge on any atom is 0.320 e. The van der Waals surface area contributed by atoms with Gasteiger partial charge in [-0.2, -0.15) is 0 Å². The van der Waals surface area contributed by atoms with Gasteiger partial charge in [-0.25, -0.2) is 0 Å². The number of Topliss-reactive ketones (excluding diaryl/α,β-unsaturated/α-hetero) is 1. The third-order valence-corrected chi connectivity index (χ3v) is 6.13. The summed E-state index contributed by atoms with van der Waals surface area (Å²) in [6.07, 6.45) is -1.13. The summed E-state index contributed by atoms with van der Waals surface area (Å²) in [4.78, 5) is 57.2. The summed E-state index contributed by atoms with van der Waals surface area (Å²) in [6.45, 7) is 15.4. The largest absolute Gasteiger partial charge is 0.481 e. The van der Waals surface area contributed by atoms with Gasteiger partial charge >= 0.3 is 23.9 Å². The number of ketones is 1.